The summed E-state index contributed by atoms with van der Waals surface area (Å²) >= 11 is 0. The number of nitrogens with zero attached hydrogens (tertiary/aromatic N) is 1. The molecule has 1 rings (SSSR count). The third-order valence-corrected chi connectivity index (χ3v) is 2.36. The first-order valence-corrected chi connectivity index (χ1v) is 4.83. The summed E-state index contributed by atoms with van der Waals surface area (Å²) in [5, 5.41) is 8.73. The van der Waals surface area contributed by atoms with Gasteiger partial charge >= 0.3 is 0 Å². The van der Waals surface area contributed by atoms with Gasteiger partial charge in [-0.1, -0.05) is 13.8 Å². The first kappa shape index (κ1) is 12.4. The number of nitriles is 1. The van der Waals surface area contributed by atoms with E-state index >= 15 is 0 Å². The summed E-state index contributed by atoms with van der Waals surface area (Å²) < 4.78 is 27.6. The number of nitrogens with one attached hydrogen (secondary N) is 1. The molecule has 86 valence electrons. The zero-order valence-corrected chi connectivity index (χ0v) is 9.27. The van der Waals surface area contributed by atoms with Gasteiger partial charge in [0.25, 0.3) is 11.5 Å². The van der Waals surface area contributed by atoms with Gasteiger partial charge in [-0.25, -0.2) is 8.78 Å². The van der Waals surface area contributed by atoms with Crippen LogP contribution in [0.4, 0.5) is 8.78 Å². The molecule has 0 aliphatic heterocycles. The standard InChI is InChI=1S/C11H12F2N2O/c1-6(2)11(12,13)9-4-7(3)15-10(16)8(9)5-14/h4,6H,1-3H3,(H,15,16). The molecule has 0 saturated carbocycles. The summed E-state index contributed by atoms with van der Waals surface area (Å²) in [6.07, 6.45) is 0. The van der Waals surface area contributed by atoms with E-state index in [2.05, 4.69) is 4.98 Å². The van der Waals surface area contributed by atoms with E-state index in [9.17, 15) is 13.6 Å². The number of rotatable bonds is 2. The van der Waals surface area contributed by atoms with Crippen molar-refractivity contribution in [1.82, 2.24) is 4.98 Å². The van der Waals surface area contributed by atoms with Crippen molar-refractivity contribution >= 4 is 0 Å². The van der Waals surface area contributed by atoms with Crippen LogP contribution in [0.3, 0.4) is 0 Å². The molecule has 1 heterocycles. The fraction of sp³-hybridized carbons (Fsp3) is 0.455. The molecule has 0 radical (unpaired) electrons. The van der Waals surface area contributed by atoms with Gasteiger partial charge in [0, 0.05) is 17.2 Å². The smallest absolute Gasteiger partial charge is 0.277 e. The number of alkyl halides is 2. The molecule has 1 aromatic heterocycles. The van der Waals surface area contributed by atoms with Gasteiger partial charge in [0.2, 0.25) is 0 Å². The van der Waals surface area contributed by atoms with E-state index in [1.807, 2.05) is 0 Å². The maximum absolute atomic E-state index is 13.8. The Balaban J connectivity index is 3.57. The molecular weight excluding hydrogens is 214 g/mol. The van der Waals surface area contributed by atoms with Gasteiger partial charge in [-0.05, 0) is 13.0 Å². The third kappa shape index (κ3) is 1.96. The molecule has 3 nitrogen and oxygen atoms in total. The number of aryl methyl sites for hydroxylation is 1. The van der Waals surface area contributed by atoms with Crippen LogP contribution >= 0.6 is 0 Å². The molecule has 0 amide bonds. The van der Waals surface area contributed by atoms with Gasteiger partial charge in [0.1, 0.15) is 11.6 Å². The number of aromatic nitrogens is 1. The summed E-state index contributed by atoms with van der Waals surface area (Å²) in [6.45, 7) is 4.19. The van der Waals surface area contributed by atoms with Crippen molar-refractivity contribution in [2.24, 2.45) is 5.92 Å². The van der Waals surface area contributed by atoms with E-state index in [0.29, 0.717) is 5.69 Å². The molecule has 0 fully saturated rings. The summed E-state index contributed by atoms with van der Waals surface area (Å²) in [6, 6.07) is 2.68. The van der Waals surface area contributed by atoms with Crippen LogP contribution in [-0.4, -0.2) is 4.98 Å². The molecule has 0 spiro atoms. The highest BCUT2D eigenvalue weighted by Gasteiger charge is 2.38. The topological polar surface area (TPSA) is 56.6 Å². The molecule has 1 aromatic rings. The number of pyridine rings is 1. The molecule has 0 saturated heterocycles. The normalized spacial score (nSPS) is 11.6. The van der Waals surface area contributed by atoms with Crippen LogP contribution in [0.15, 0.2) is 10.9 Å². The molecule has 5 heteroatoms. The number of hydrogen-bond donors (Lipinski definition) is 1. The fourth-order valence-electron chi connectivity index (χ4n) is 1.37. The van der Waals surface area contributed by atoms with E-state index in [1.165, 1.54) is 26.8 Å². The zero-order valence-electron chi connectivity index (χ0n) is 9.27. The van der Waals surface area contributed by atoms with Crippen LogP contribution < -0.4 is 5.56 Å². The van der Waals surface area contributed by atoms with Crippen molar-refractivity contribution in [3.05, 3.63) is 33.2 Å². The van der Waals surface area contributed by atoms with Crippen molar-refractivity contribution in [3.63, 3.8) is 0 Å². The Kier molecular flexibility index (Phi) is 3.13. The second-order valence-electron chi connectivity index (χ2n) is 3.96. The molecule has 0 aliphatic carbocycles. The van der Waals surface area contributed by atoms with Gasteiger partial charge in [0.05, 0.1) is 0 Å². The average molecular weight is 226 g/mol. The third-order valence-electron chi connectivity index (χ3n) is 2.36. The zero-order chi connectivity index (χ0) is 12.5. The van der Waals surface area contributed by atoms with Crippen molar-refractivity contribution in [3.8, 4) is 6.07 Å². The Hall–Kier alpha value is -1.70. The molecule has 0 aromatic carbocycles. The van der Waals surface area contributed by atoms with Gasteiger partial charge in [-0.15, -0.1) is 0 Å². The van der Waals surface area contributed by atoms with E-state index in [-0.39, 0.29) is 0 Å². The van der Waals surface area contributed by atoms with Crippen LogP contribution in [0, 0.1) is 24.2 Å². The maximum atomic E-state index is 13.8. The summed E-state index contributed by atoms with van der Waals surface area (Å²) in [5.41, 5.74) is -1.45. The minimum atomic E-state index is -3.18. The molecule has 16 heavy (non-hydrogen) atoms. The lowest BCUT2D eigenvalue weighted by Crippen LogP contribution is -2.27. The largest absolute Gasteiger partial charge is 0.325 e. The average Bonchev–Trinajstić information content (AvgIpc) is 2.16. The number of aromatic amines is 1. The van der Waals surface area contributed by atoms with Crippen LogP contribution in [-0.2, 0) is 5.92 Å². The van der Waals surface area contributed by atoms with E-state index in [1.54, 1.807) is 0 Å². The van der Waals surface area contributed by atoms with Gasteiger partial charge < -0.3 is 4.98 Å². The van der Waals surface area contributed by atoms with Gasteiger partial charge in [-0.2, -0.15) is 5.26 Å². The molecule has 0 atom stereocenters. The van der Waals surface area contributed by atoms with Crippen molar-refractivity contribution < 1.29 is 8.78 Å². The predicted octanol–water partition coefficient (Wildman–Crippen LogP) is 2.30. The lowest BCUT2D eigenvalue weighted by molar-refractivity contribution is -0.0518. The minimum Gasteiger partial charge on any atom is -0.325 e. The van der Waals surface area contributed by atoms with Crippen LogP contribution in [0.2, 0.25) is 0 Å². The SMILES string of the molecule is Cc1cc(C(F)(F)C(C)C)c(C#N)c(=O)[nH]1. The molecule has 0 unspecified atom stereocenters. The number of hydrogen-bond acceptors (Lipinski definition) is 2. The minimum absolute atomic E-state index is 0.319. The Morgan fingerprint density at radius 2 is 2.06 bits per heavy atom. The fourth-order valence-corrected chi connectivity index (χ4v) is 1.37. The van der Waals surface area contributed by atoms with Crippen molar-refractivity contribution in [2.75, 3.05) is 0 Å². The molecule has 0 aliphatic rings. The Morgan fingerprint density at radius 3 is 2.50 bits per heavy atom. The monoisotopic (exact) mass is 226 g/mol. The van der Waals surface area contributed by atoms with E-state index in [0.717, 1.165) is 6.07 Å². The second-order valence-corrected chi connectivity index (χ2v) is 3.96. The Labute approximate surface area is 91.7 Å². The van der Waals surface area contributed by atoms with Gasteiger partial charge in [-0.3, -0.25) is 4.79 Å². The quantitative estimate of drug-likeness (QED) is 0.841. The maximum Gasteiger partial charge on any atom is 0.277 e. The molecule has 1 N–H and O–H groups in total. The molecular formula is C11H12F2N2O. The predicted molar refractivity (Wildman–Crippen MR) is 55.2 cm³/mol. The highest BCUT2D eigenvalue weighted by Crippen LogP contribution is 2.36. The highest BCUT2D eigenvalue weighted by molar-refractivity contribution is 5.39. The lowest BCUT2D eigenvalue weighted by atomic mass is 9.94. The number of H-pyrrole nitrogens is 1. The second kappa shape index (κ2) is 4.05. The van der Waals surface area contributed by atoms with Crippen molar-refractivity contribution in [2.45, 2.75) is 26.7 Å². The van der Waals surface area contributed by atoms with Crippen LogP contribution in [0.25, 0.3) is 0 Å². The summed E-state index contributed by atoms with van der Waals surface area (Å²) in [7, 11) is 0. The Bertz CT molecular complexity index is 498. The summed E-state index contributed by atoms with van der Waals surface area (Å²) in [4.78, 5) is 13.7. The van der Waals surface area contributed by atoms with Gasteiger partial charge in [0.15, 0.2) is 0 Å². The molecule has 0 bridgehead atoms. The first-order chi connectivity index (χ1) is 7.30. The number of halogens is 2. The lowest BCUT2D eigenvalue weighted by Gasteiger charge is -2.21. The highest BCUT2D eigenvalue weighted by atomic mass is 19.3. The van der Waals surface area contributed by atoms with Crippen LogP contribution in [0.5, 0.6) is 0 Å². The summed E-state index contributed by atoms with van der Waals surface area (Å²) in [5.74, 6) is -4.15. The van der Waals surface area contributed by atoms with E-state index < -0.39 is 28.5 Å². The first-order valence-electron chi connectivity index (χ1n) is 4.83. The Morgan fingerprint density at radius 1 is 1.50 bits per heavy atom. The van der Waals surface area contributed by atoms with Crippen LogP contribution in [0.1, 0.15) is 30.7 Å². The van der Waals surface area contributed by atoms with E-state index in [4.69, 9.17) is 5.26 Å². The van der Waals surface area contributed by atoms with Crippen molar-refractivity contribution in [1.29, 1.82) is 5.26 Å².